The van der Waals surface area contributed by atoms with Crippen molar-refractivity contribution in [2.75, 3.05) is 6.61 Å². The molecule has 2 aliphatic carbocycles. The molecule has 2 N–H and O–H groups in total. The molecule has 1 amide bonds. The van der Waals surface area contributed by atoms with Gasteiger partial charge in [-0.15, -0.1) is 0 Å². The van der Waals surface area contributed by atoms with Crippen molar-refractivity contribution >= 4 is 17.0 Å². The lowest BCUT2D eigenvalue weighted by molar-refractivity contribution is 0.0942. The third-order valence-electron chi connectivity index (χ3n) is 4.60. The van der Waals surface area contributed by atoms with E-state index in [9.17, 15) is 9.90 Å². The number of nitrogens with one attached hydrogen (secondary N) is 1. The van der Waals surface area contributed by atoms with E-state index in [2.05, 4.69) is 15.5 Å². The molecular formula is C17H19N3O3. The molecule has 2 aromatic heterocycles. The molecule has 4 rings (SSSR count). The summed E-state index contributed by atoms with van der Waals surface area (Å²) in [4.78, 5) is 17.3. The minimum Gasteiger partial charge on any atom is -0.396 e. The van der Waals surface area contributed by atoms with Crippen LogP contribution in [0.2, 0.25) is 0 Å². The van der Waals surface area contributed by atoms with Gasteiger partial charge in [0.15, 0.2) is 0 Å². The number of nitrogens with zero attached hydrogens (tertiary/aromatic N) is 2. The molecule has 2 heterocycles. The number of hydrogen-bond donors (Lipinski definition) is 2. The molecule has 0 bridgehead atoms. The summed E-state index contributed by atoms with van der Waals surface area (Å²) in [5, 5.41) is 16.9. The van der Waals surface area contributed by atoms with E-state index in [0.29, 0.717) is 28.3 Å². The molecule has 0 unspecified atom stereocenters. The molecule has 0 aliphatic heterocycles. The number of carbonyl (C=O) groups is 1. The number of pyridine rings is 1. The summed E-state index contributed by atoms with van der Waals surface area (Å²) >= 11 is 0. The fourth-order valence-electron chi connectivity index (χ4n) is 3.14. The Bertz CT molecular complexity index is 792. The third-order valence-corrected chi connectivity index (χ3v) is 4.60. The van der Waals surface area contributed by atoms with E-state index in [1.165, 1.54) is 0 Å². The van der Waals surface area contributed by atoms with E-state index in [4.69, 9.17) is 4.52 Å². The fourth-order valence-corrected chi connectivity index (χ4v) is 3.14. The predicted octanol–water partition coefficient (Wildman–Crippen LogP) is 2.08. The Morgan fingerprint density at radius 2 is 2.26 bits per heavy atom. The highest BCUT2D eigenvalue weighted by Gasteiger charge is 2.29. The molecule has 2 atom stereocenters. The second-order valence-corrected chi connectivity index (χ2v) is 6.46. The van der Waals surface area contributed by atoms with E-state index >= 15 is 0 Å². The quantitative estimate of drug-likeness (QED) is 0.844. The van der Waals surface area contributed by atoms with Crippen molar-refractivity contribution in [2.45, 2.75) is 38.1 Å². The first-order chi connectivity index (χ1) is 11.2. The highest BCUT2D eigenvalue weighted by Crippen LogP contribution is 2.40. The van der Waals surface area contributed by atoms with Crippen LogP contribution in [0.3, 0.4) is 0 Å². The normalized spacial score (nSPS) is 23.6. The first kappa shape index (κ1) is 14.4. The van der Waals surface area contributed by atoms with Gasteiger partial charge in [-0.3, -0.25) is 4.79 Å². The van der Waals surface area contributed by atoms with E-state index in [1.54, 1.807) is 0 Å². The van der Waals surface area contributed by atoms with Gasteiger partial charge in [0.1, 0.15) is 0 Å². The van der Waals surface area contributed by atoms with Crippen LogP contribution in [0.25, 0.3) is 11.1 Å². The van der Waals surface area contributed by atoms with E-state index in [-0.39, 0.29) is 24.5 Å². The van der Waals surface area contributed by atoms with Crippen molar-refractivity contribution < 1.29 is 14.4 Å². The fraction of sp³-hybridized carbons (Fsp3) is 0.471. The van der Waals surface area contributed by atoms with Crippen LogP contribution in [0.5, 0.6) is 0 Å². The average Bonchev–Trinajstić information content (AvgIpc) is 3.21. The summed E-state index contributed by atoms with van der Waals surface area (Å²) < 4.78 is 5.27. The minimum atomic E-state index is -0.140. The number of aromatic nitrogens is 2. The smallest absolute Gasteiger partial charge is 0.259 e. The van der Waals surface area contributed by atoms with Crippen LogP contribution in [0.1, 0.15) is 46.9 Å². The molecule has 6 heteroatoms. The molecule has 1 fully saturated rings. The van der Waals surface area contributed by atoms with Crippen LogP contribution < -0.4 is 5.32 Å². The van der Waals surface area contributed by atoms with Gasteiger partial charge >= 0.3 is 0 Å². The Balaban J connectivity index is 1.65. The van der Waals surface area contributed by atoms with Gasteiger partial charge in [-0.25, -0.2) is 4.98 Å². The number of fused-ring (bicyclic) bond motifs is 1. The summed E-state index contributed by atoms with van der Waals surface area (Å²) in [5.41, 5.74) is 2.60. The van der Waals surface area contributed by atoms with Gasteiger partial charge in [-0.1, -0.05) is 17.3 Å². The second kappa shape index (κ2) is 5.45. The van der Waals surface area contributed by atoms with Gasteiger partial charge in [-0.05, 0) is 32.3 Å². The summed E-state index contributed by atoms with van der Waals surface area (Å²) in [6.45, 7) is 1.93. The molecule has 2 aliphatic rings. The number of aliphatic hydroxyl groups excluding tert-OH is 1. The van der Waals surface area contributed by atoms with Gasteiger partial charge in [0.25, 0.3) is 11.6 Å². The van der Waals surface area contributed by atoms with E-state index in [0.717, 1.165) is 25.0 Å². The third kappa shape index (κ3) is 2.63. The second-order valence-electron chi connectivity index (χ2n) is 6.46. The number of hydrogen-bond acceptors (Lipinski definition) is 5. The summed E-state index contributed by atoms with van der Waals surface area (Å²) in [6.07, 6.45) is 6.84. The Labute approximate surface area is 133 Å². The molecule has 120 valence electrons. The minimum absolute atomic E-state index is 0.0487. The topological polar surface area (TPSA) is 88.2 Å². The van der Waals surface area contributed by atoms with Crippen molar-refractivity contribution in [2.24, 2.45) is 5.92 Å². The molecule has 2 aromatic rings. The van der Waals surface area contributed by atoms with Gasteiger partial charge in [0.05, 0.1) is 16.6 Å². The molecular weight excluding hydrogens is 294 g/mol. The maximum atomic E-state index is 12.8. The molecule has 6 nitrogen and oxygen atoms in total. The number of amides is 1. The first-order valence-electron chi connectivity index (χ1n) is 8.02. The Morgan fingerprint density at radius 1 is 1.43 bits per heavy atom. The van der Waals surface area contributed by atoms with Crippen LogP contribution in [0, 0.1) is 12.8 Å². The van der Waals surface area contributed by atoms with Crippen molar-refractivity contribution in [1.82, 2.24) is 15.5 Å². The molecule has 23 heavy (non-hydrogen) atoms. The monoisotopic (exact) mass is 313 g/mol. The molecule has 0 aromatic carbocycles. The molecule has 0 spiro atoms. The van der Waals surface area contributed by atoms with Crippen LogP contribution >= 0.6 is 0 Å². The zero-order chi connectivity index (χ0) is 16.0. The highest BCUT2D eigenvalue weighted by atomic mass is 16.5. The molecule has 0 radical (unpaired) electrons. The Morgan fingerprint density at radius 3 is 2.96 bits per heavy atom. The van der Waals surface area contributed by atoms with Gasteiger partial charge < -0.3 is 14.9 Å². The van der Waals surface area contributed by atoms with Crippen LogP contribution in [0.15, 0.2) is 22.7 Å². The first-order valence-corrected chi connectivity index (χ1v) is 8.02. The lowest BCUT2D eigenvalue weighted by Crippen LogP contribution is -2.33. The molecule has 0 saturated heterocycles. The summed E-state index contributed by atoms with van der Waals surface area (Å²) in [7, 11) is 0. The van der Waals surface area contributed by atoms with Crippen molar-refractivity contribution in [3.8, 4) is 0 Å². The number of aliphatic hydroxyl groups is 1. The standard InChI is InChI=1S/C17H19N3O3/c1-9-15-13(16(22)18-12-5-2-10(6-12)8-21)7-14(11-3-4-11)19-17(15)23-20-9/h2,5,7,10-12,21H,3-4,6,8H2,1H3,(H,18,22)/t10-,12+/m0/s1. The van der Waals surface area contributed by atoms with Gasteiger partial charge in [-0.2, -0.15) is 0 Å². The largest absolute Gasteiger partial charge is 0.396 e. The lowest BCUT2D eigenvalue weighted by atomic mass is 10.1. The van der Waals surface area contributed by atoms with E-state index in [1.807, 2.05) is 25.1 Å². The zero-order valence-electron chi connectivity index (χ0n) is 13.0. The van der Waals surface area contributed by atoms with Crippen molar-refractivity contribution in [3.63, 3.8) is 0 Å². The van der Waals surface area contributed by atoms with Crippen LogP contribution in [0.4, 0.5) is 0 Å². The van der Waals surface area contributed by atoms with Gasteiger partial charge in [0, 0.05) is 30.2 Å². The number of rotatable bonds is 4. The summed E-state index contributed by atoms with van der Waals surface area (Å²) in [6, 6.07) is 1.83. The highest BCUT2D eigenvalue weighted by molar-refractivity contribution is 6.06. The lowest BCUT2D eigenvalue weighted by Gasteiger charge is -2.13. The maximum Gasteiger partial charge on any atom is 0.259 e. The summed E-state index contributed by atoms with van der Waals surface area (Å²) in [5.74, 6) is 0.414. The predicted molar refractivity (Wildman–Crippen MR) is 84.1 cm³/mol. The SMILES string of the molecule is Cc1noc2nc(C3CC3)cc(C(=O)N[C@@H]3C=C[C@H](CO)C3)c12. The average molecular weight is 313 g/mol. The van der Waals surface area contributed by atoms with Crippen LogP contribution in [-0.2, 0) is 0 Å². The van der Waals surface area contributed by atoms with Crippen LogP contribution in [-0.4, -0.2) is 33.8 Å². The Kier molecular flexibility index (Phi) is 3.41. The maximum absolute atomic E-state index is 12.8. The zero-order valence-corrected chi connectivity index (χ0v) is 13.0. The van der Waals surface area contributed by atoms with Crippen molar-refractivity contribution in [3.05, 3.63) is 35.2 Å². The van der Waals surface area contributed by atoms with Crippen molar-refractivity contribution in [1.29, 1.82) is 0 Å². The number of carbonyl (C=O) groups excluding carboxylic acids is 1. The molecule has 1 saturated carbocycles. The number of aryl methyl sites for hydroxylation is 1. The van der Waals surface area contributed by atoms with Gasteiger partial charge in [0.2, 0.25) is 0 Å². The Hall–Kier alpha value is -2.21. The van der Waals surface area contributed by atoms with E-state index < -0.39 is 0 Å².